The van der Waals surface area contributed by atoms with Gasteiger partial charge in [-0.3, -0.25) is 0 Å². The van der Waals surface area contributed by atoms with Crippen LogP contribution in [0.25, 0.3) is 33.3 Å². The maximum atomic E-state index is 8.65. The van der Waals surface area contributed by atoms with Crippen LogP contribution >= 0.6 is 0 Å². The molecule has 0 aliphatic carbocycles. The standard InChI is InChI=1S/C25H29N2O/c1-7-19-9-11-21-20-10-8-16(4)23(24(20)28-25(21)26-19)22-13-17(5)18(12-15(2)3)14-27(22)6/h8-11,13-15H,7,12H2,1-6H3/q+1/i2D3,3D3,12D2,15D. The highest BCUT2D eigenvalue weighted by atomic mass is 16.3. The first-order valence-corrected chi connectivity index (χ1v) is 9.28. The molecule has 0 saturated heterocycles. The van der Waals surface area contributed by atoms with Crippen LogP contribution in [0.4, 0.5) is 0 Å². The van der Waals surface area contributed by atoms with Crippen molar-refractivity contribution in [2.24, 2.45) is 12.9 Å². The Morgan fingerprint density at radius 2 is 1.96 bits per heavy atom. The Bertz CT molecular complexity index is 1500. The molecule has 144 valence electrons. The summed E-state index contributed by atoms with van der Waals surface area (Å²) in [6, 6.07) is 9.54. The Morgan fingerprint density at radius 1 is 1.18 bits per heavy atom. The monoisotopic (exact) mass is 382 g/mol. The highest BCUT2D eigenvalue weighted by Crippen LogP contribution is 2.36. The van der Waals surface area contributed by atoms with Crippen LogP contribution in [0.3, 0.4) is 0 Å². The maximum Gasteiger partial charge on any atom is 0.227 e. The Morgan fingerprint density at radius 3 is 2.71 bits per heavy atom. The number of nitrogens with zero attached hydrogens (tertiary/aromatic N) is 2. The van der Waals surface area contributed by atoms with Gasteiger partial charge in [0.25, 0.3) is 0 Å². The molecule has 3 nitrogen and oxygen atoms in total. The van der Waals surface area contributed by atoms with Gasteiger partial charge in [-0.25, -0.2) is 9.55 Å². The zero-order valence-electron chi connectivity index (χ0n) is 25.5. The van der Waals surface area contributed by atoms with Gasteiger partial charge in [0.1, 0.15) is 7.05 Å². The molecular formula is C25H29N2O+. The third-order valence-electron chi connectivity index (χ3n) is 5.13. The first kappa shape index (κ1) is 10.8. The second-order valence-electron chi connectivity index (χ2n) is 7.11. The Kier molecular flexibility index (Phi) is 2.71. The van der Waals surface area contributed by atoms with Crippen LogP contribution in [0.15, 0.2) is 40.9 Å². The molecule has 3 heteroatoms. The zero-order valence-corrected chi connectivity index (χ0v) is 16.5. The van der Waals surface area contributed by atoms with Gasteiger partial charge >= 0.3 is 0 Å². The lowest BCUT2D eigenvalue weighted by atomic mass is 9.96. The number of fused-ring (bicyclic) bond motifs is 3. The summed E-state index contributed by atoms with van der Waals surface area (Å²) in [6.45, 7) is -1.30. The van der Waals surface area contributed by atoms with Gasteiger partial charge in [-0.15, -0.1) is 0 Å². The summed E-state index contributed by atoms with van der Waals surface area (Å²) in [5, 5.41) is 1.74. The molecular weight excluding hydrogens is 344 g/mol. The third kappa shape index (κ3) is 3.09. The fraction of sp³-hybridized carbons (Fsp3) is 0.360. The SMILES string of the molecule is [2H]C([2H])([2H])C([2H])(C([2H])([2H])[2H])C([2H])([2H])c1c[n+](C)c(-c2c(C)ccc3c2oc2nc(CC)ccc23)cc1C. The molecule has 0 atom stereocenters. The Balaban J connectivity index is 1.97. The van der Waals surface area contributed by atoms with Crippen molar-refractivity contribution in [3.05, 3.63) is 58.9 Å². The molecule has 0 bridgehead atoms. The molecule has 0 amide bonds. The van der Waals surface area contributed by atoms with Crippen LogP contribution < -0.4 is 4.57 Å². The van der Waals surface area contributed by atoms with Gasteiger partial charge in [-0.05, 0) is 55.8 Å². The van der Waals surface area contributed by atoms with Crippen LogP contribution in [-0.4, -0.2) is 4.98 Å². The molecule has 0 fully saturated rings. The fourth-order valence-electron chi connectivity index (χ4n) is 3.64. The van der Waals surface area contributed by atoms with E-state index in [9.17, 15) is 0 Å². The lowest BCUT2D eigenvalue weighted by Crippen LogP contribution is -2.32. The molecule has 0 N–H and O–H groups in total. The lowest BCUT2D eigenvalue weighted by Gasteiger charge is -2.11. The average Bonchev–Trinajstić information content (AvgIpc) is 3.15. The van der Waals surface area contributed by atoms with Crippen LogP contribution in [0.5, 0.6) is 0 Å². The summed E-state index contributed by atoms with van der Waals surface area (Å²) in [6.07, 6.45) is -0.884. The Hall–Kier alpha value is -2.68. The van der Waals surface area contributed by atoms with Crippen molar-refractivity contribution in [3.63, 3.8) is 0 Å². The van der Waals surface area contributed by atoms with Gasteiger partial charge in [0.2, 0.25) is 11.4 Å². The van der Waals surface area contributed by atoms with Gasteiger partial charge in [-0.2, -0.15) is 0 Å². The van der Waals surface area contributed by atoms with E-state index in [-0.39, 0.29) is 5.56 Å². The first-order valence-electron chi connectivity index (χ1n) is 13.8. The predicted molar refractivity (Wildman–Crippen MR) is 116 cm³/mol. The van der Waals surface area contributed by atoms with E-state index in [1.165, 1.54) is 6.20 Å². The molecule has 28 heavy (non-hydrogen) atoms. The quantitative estimate of drug-likeness (QED) is 0.414. The summed E-state index contributed by atoms with van der Waals surface area (Å²) >= 11 is 0. The number of furan rings is 1. The van der Waals surface area contributed by atoms with E-state index in [0.717, 1.165) is 34.0 Å². The number of rotatable bonds is 4. The van der Waals surface area contributed by atoms with Crippen LogP contribution in [0.2, 0.25) is 0 Å². The number of benzene rings is 1. The second-order valence-corrected chi connectivity index (χ2v) is 7.11. The van der Waals surface area contributed by atoms with E-state index in [0.29, 0.717) is 22.6 Å². The molecule has 0 spiro atoms. The highest BCUT2D eigenvalue weighted by Gasteiger charge is 2.22. The minimum Gasteiger partial charge on any atom is -0.437 e. The first-order chi connectivity index (χ1) is 17.0. The van der Waals surface area contributed by atoms with Crippen LogP contribution in [-0.2, 0) is 19.8 Å². The van der Waals surface area contributed by atoms with Crippen LogP contribution in [0.1, 0.15) is 55.3 Å². The van der Waals surface area contributed by atoms with E-state index >= 15 is 0 Å². The summed E-state index contributed by atoms with van der Waals surface area (Å²) in [7, 11) is 1.67. The van der Waals surface area contributed by atoms with E-state index in [2.05, 4.69) is 4.98 Å². The molecule has 3 aromatic heterocycles. The maximum absolute atomic E-state index is 8.65. The minimum absolute atomic E-state index is 0.176. The topological polar surface area (TPSA) is 29.9 Å². The number of hydrogen-bond donors (Lipinski definition) is 0. The van der Waals surface area contributed by atoms with Crippen molar-refractivity contribution in [3.8, 4) is 11.3 Å². The van der Waals surface area contributed by atoms with E-state index in [1.54, 1.807) is 24.6 Å². The molecule has 0 radical (unpaired) electrons. The Labute approximate surface area is 179 Å². The largest absolute Gasteiger partial charge is 0.437 e. The summed E-state index contributed by atoms with van der Waals surface area (Å²) in [4.78, 5) is 4.60. The number of aryl methyl sites for hydroxylation is 4. The van der Waals surface area contributed by atoms with E-state index < -0.39 is 26.0 Å². The number of hydrogen-bond acceptors (Lipinski definition) is 2. The van der Waals surface area contributed by atoms with Gasteiger partial charge in [-0.1, -0.05) is 32.8 Å². The zero-order chi connectivity index (χ0) is 27.7. The van der Waals surface area contributed by atoms with E-state index in [1.807, 2.05) is 38.1 Å². The molecule has 0 saturated carbocycles. The summed E-state index contributed by atoms with van der Waals surface area (Å²) in [5.41, 5.74) is 4.49. The molecule has 3 heterocycles. The fourth-order valence-corrected chi connectivity index (χ4v) is 3.64. The predicted octanol–water partition coefficient (Wildman–Crippen LogP) is 5.85. The summed E-state index contributed by atoms with van der Waals surface area (Å²) < 4.78 is 80.2. The highest BCUT2D eigenvalue weighted by molar-refractivity contribution is 6.08. The van der Waals surface area contributed by atoms with Crippen molar-refractivity contribution < 1.29 is 21.3 Å². The van der Waals surface area contributed by atoms with Crippen molar-refractivity contribution in [1.29, 1.82) is 0 Å². The van der Waals surface area contributed by atoms with Gasteiger partial charge in [0.05, 0.1) is 5.56 Å². The molecule has 0 aliphatic rings. The van der Waals surface area contributed by atoms with Crippen molar-refractivity contribution in [2.75, 3.05) is 0 Å². The minimum atomic E-state index is -3.41. The number of pyridine rings is 2. The van der Waals surface area contributed by atoms with Crippen molar-refractivity contribution >= 4 is 22.1 Å². The molecule has 0 aliphatic heterocycles. The normalized spacial score (nSPS) is 18.4. The smallest absolute Gasteiger partial charge is 0.227 e. The molecule has 4 aromatic rings. The average molecular weight is 383 g/mol. The second kappa shape index (κ2) is 7.05. The molecule has 1 aromatic carbocycles. The third-order valence-corrected chi connectivity index (χ3v) is 5.13. The molecule has 0 unspecified atom stereocenters. The van der Waals surface area contributed by atoms with Crippen molar-refractivity contribution in [1.82, 2.24) is 4.98 Å². The van der Waals surface area contributed by atoms with E-state index in [4.69, 9.17) is 16.8 Å². The summed E-state index contributed by atoms with van der Waals surface area (Å²) in [5.74, 6) is -3.39. The molecule has 4 rings (SSSR count). The van der Waals surface area contributed by atoms with Crippen LogP contribution in [0, 0.1) is 19.7 Å². The number of aromatic nitrogens is 2. The van der Waals surface area contributed by atoms with Crippen molar-refractivity contribution in [2.45, 2.75) is 47.3 Å². The van der Waals surface area contributed by atoms with Gasteiger partial charge in [0.15, 0.2) is 11.8 Å². The van der Waals surface area contributed by atoms with Gasteiger partial charge < -0.3 is 4.42 Å². The lowest BCUT2D eigenvalue weighted by molar-refractivity contribution is -0.660. The van der Waals surface area contributed by atoms with Gasteiger partial charge in [0, 0.05) is 40.4 Å².